The van der Waals surface area contributed by atoms with Crippen LogP contribution in [-0.2, 0) is 4.79 Å². The first-order valence-electron chi connectivity index (χ1n) is 6.40. The fraction of sp³-hybridized carbons (Fsp3) is 0.667. The first-order chi connectivity index (χ1) is 8.91. The number of hydrogen-bond donors (Lipinski definition) is 3. The van der Waals surface area contributed by atoms with E-state index in [4.69, 9.17) is 0 Å². The molecule has 7 nitrogen and oxygen atoms in total. The van der Waals surface area contributed by atoms with Crippen LogP contribution in [0.4, 0.5) is 0 Å². The number of nitrogens with zero attached hydrogens (tertiary/aromatic N) is 2. The van der Waals surface area contributed by atoms with Crippen molar-refractivity contribution in [1.29, 1.82) is 0 Å². The topological polar surface area (TPSA) is 99.8 Å². The number of amides is 2. The summed E-state index contributed by atoms with van der Waals surface area (Å²) in [6.07, 6.45) is 0. The van der Waals surface area contributed by atoms with Gasteiger partial charge >= 0.3 is 0 Å². The standard InChI is InChI=1S/C12H21N5O2/c1-7(2)9-15-10(17-16-9)12(19)14-6-5-13-11(18)8(3)4/h7-8H,5-6H2,1-4H3,(H,13,18)(H,14,19)(H,15,16,17). The summed E-state index contributed by atoms with van der Waals surface area (Å²) >= 11 is 0. The van der Waals surface area contributed by atoms with Crippen LogP contribution < -0.4 is 10.6 Å². The SMILES string of the molecule is CC(C)C(=O)NCCNC(=O)c1n[nH]c(C(C)C)n1. The molecule has 0 aliphatic rings. The first-order valence-corrected chi connectivity index (χ1v) is 6.40. The molecule has 0 saturated carbocycles. The van der Waals surface area contributed by atoms with Crippen LogP contribution in [0.15, 0.2) is 0 Å². The Hall–Kier alpha value is -1.92. The van der Waals surface area contributed by atoms with Crippen molar-refractivity contribution in [3.05, 3.63) is 11.6 Å². The minimum atomic E-state index is -0.345. The summed E-state index contributed by atoms with van der Waals surface area (Å²) in [5, 5.41) is 11.9. The molecule has 0 aliphatic carbocycles. The van der Waals surface area contributed by atoms with Gasteiger partial charge < -0.3 is 10.6 Å². The van der Waals surface area contributed by atoms with Gasteiger partial charge in [0.05, 0.1) is 0 Å². The van der Waals surface area contributed by atoms with Gasteiger partial charge in [-0.1, -0.05) is 27.7 Å². The summed E-state index contributed by atoms with van der Waals surface area (Å²) in [5.41, 5.74) is 0. The van der Waals surface area contributed by atoms with E-state index in [2.05, 4.69) is 25.8 Å². The molecule has 1 rings (SSSR count). The van der Waals surface area contributed by atoms with E-state index in [1.807, 2.05) is 27.7 Å². The van der Waals surface area contributed by atoms with Crippen molar-refractivity contribution in [2.75, 3.05) is 13.1 Å². The fourth-order valence-electron chi connectivity index (χ4n) is 1.28. The molecule has 3 N–H and O–H groups in total. The molecular weight excluding hydrogens is 246 g/mol. The van der Waals surface area contributed by atoms with Crippen LogP contribution in [0, 0.1) is 5.92 Å². The molecule has 1 aromatic heterocycles. The molecule has 106 valence electrons. The maximum absolute atomic E-state index is 11.7. The third-order valence-corrected chi connectivity index (χ3v) is 2.49. The smallest absolute Gasteiger partial charge is 0.291 e. The molecule has 7 heteroatoms. The molecule has 0 unspecified atom stereocenters. The van der Waals surface area contributed by atoms with Crippen LogP contribution in [0.1, 0.15) is 50.1 Å². The number of nitrogens with one attached hydrogen (secondary N) is 3. The highest BCUT2D eigenvalue weighted by Gasteiger charge is 2.13. The zero-order chi connectivity index (χ0) is 14.4. The highest BCUT2D eigenvalue weighted by atomic mass is 16.2. The van der Waals surface area contributed by atoms with Gasteiger partial charge in [-0.25, -0.2) is 4.98 Å². The van der Waals surface area contributed by atoms with Crippen molar-refractivity contribution in [1.82, 2.24) is 25.8 Å². The van der Waals surface area contributed by atoms with Gasteiger partial charge in [0.2, 0.25) is 11.7 Å². The molecule has 0 atom stereocenters. The number of H-pyrrole nitrogens is 1. The number of carbonyl (C=O) groups is 2. The Bertz CT molecular complexity index is 439. The van der Waals surface area contributed by atoms with Crippen molar-refractivity contribution < 1.29 is 9.59 Å². The van der Waals surface area contributed by atoms with Crippen molar-refractivity contribution in [2.24, 2.45) is 5.92 Å². The Labute approximate surface area is 112 Å². The molecule has 0 aromatic carbocycles. The fourth-order valence-corrected chi connectivity index (χ4v) is 1.28. The molecular formula is C12H21N5O2. The molecule has 0 radical (unpaired) electrons. The summed E-state index contributed by atoms with van der Waals surface area (Å²) in [6, 6.07) is 0. The van der Waals surface area contributed by atoms with Crippen LogP contribution in [-0.4, -0.2) is 40.1 Å². The molecule has 0 fully saturated rings. The Balaban J connectivity index is 2.33. The van der Waals surface area contributed by atoms with E-state index in [0.717, 1.165) is 0 Å². The average Bonchev–Trinajstić information content (AvgIpc) is 2.83. The molecule has 0 saturated heterocycles. The Kier molecular flexibility index (Phi) is 5.47. The predicted molar refractivity (Wildman–Crippen MR) is 70.7 cm³/mol. The van der Waals surface area contributed by atoms with E-state index in [9.17, 15) is 9.59 Å². The quantitative estimate of drug-likeness (QED) is 0.651. The van der Waals surface area contributed by atoms with Crippen LogP contribution in [0.5, 0.6) is 0 Å². The van der Waals surface area contributed by atoms with Crippen LogP contribution in [0.3, 0.4) is 0 Å². The molecule has 0 bridgehead atoms. The monoisotopic (exact) mass is 267 g/mol. The number of carbonyl (C=O) groups excluding carboxylic acids is 2. The zero-order valence-corrected chi connectivity index (χ0v) is 11.8. The normalized spacial score (nSPS) is 10.8. The Morgan fingerprint density at radius 1 is 1.16 bits per heavy atom. The van der Waals surface area contributed by atoms with E-state index in [1.54, 1.807) is 0 Å². The van der Waals surface area contributed by atoms with Gasteiger partial charge in [-0.05, 0) is 0 Å². The number of aromatic nitrogens is 3. The minimum absolute atomic E-state index is 0.0331. The lowest BCUT2D eigenvalue weighted by Gasteiger charge is -2.07. The van der Waals surface area contributed by atoms with E-state index in [-0.39, 0.29) is 29.5 Å². The lowest BCUT2D eigenvalue weighted by molar-refractivity contribution is -0.123. The number of hydrogen-bond acceptors (Lipinski definition) is 4. The van der Waals surface area contributed by atoms with Gasteiger partial charge in [-0.15, -0.1) is 5.10 Å². The highest BCUT2D eigenvalue weighted by Crippen LogP contribution is 2.07. The third-order valence-electron chi connectivity index (χ3n) is 2.49. The molecule has 2 amide bonds. The minimum Gasteiger partial charge on any atom is -0.354 e. The lowest BCUT2D eigenvalue weighted by atomic mass is 10.2. The predicted octanol–water partition coefficient (Wildman–Crippen LogP) is 0.430. The zero-order valence-electron chi connectivity index (χ0n) is 11.8. The van der Waals surface area contributed by atoms with E-state index in [1.165, 1.54) is 0 Å². The summed E-state index contributed by atoms with van der Waals surface area (Å²) in [6.45, 7) is 8.30. The van der Waals surface area contributed by atoms with Crippen LogP contribution >= 0.6 is 0 Å². The summed E-state index contributed by atoms with van der Waals surface area (Å²) < 4.78 is 0. The van der Waals surface area contributed by atoms with Crippen molar-refractivity contribution in [3.63, 3.8) is 0 Å². The molecule has 0 aliphatic heterocycles. The number of rotatable bonds is 6. The first kappa shape index (κ1) is 15.1. The number of aromatic amines is 1. The van der Waals surface area contributed by atoms with Crippen LogP contribution in [0.25, 0.3) is 0 Å². The molecule has 1 aromatic rings. The highest BCUT2D eigenvalue weighted by molar-refractivity contribution is 5.90. The van der Waals surface area contributed by atoms with Gasteiger partial charge in [-0.2, -0.15) is 0 Å². The van der Waals surface area contributed by atoms with Gasteiger partial charge in [0.25, 0.3) is 5.91 Å². The van der Waals surface area contributed by atoms with Gasteiger partial charge in [0.15, 0.2) is 0 Å². The Morgan fingerprint density at radius 3 is 2.32 bits per heavy atom. The lowest BCUT2D eigenvalue weighted by Crippen LogP contribution is -2.36. The maximum atomic E-state index is 11.7. The van der Waals surface area contributed by atoms with Gasteiger partial charge in [-0.3, -0.25) is 14.7 Å². The van der Waals surface area contributed by atoms with Crippen molar-refractivity contribution in [3.8, 4) is 0 Å². The second kappa shape index (κ2) is 6.86. The van der Waals surface area contributed by atoms with E-state index >= 15 is 0 Å². The molecule has 19 heavy (non-hydrogen) atoms. The second-order valence-electron chi connectivity index (χ2n) is 4.90. The summed E-state index contributed by atoms with van der Waals surface area (Å²) in [4.78, 5) is 27.1. The maximum Gasteiger partial charge on any atom is 0.291 e. The molecule has 0 spiro atoms. The molecule has 1 heterocycles. The van der Waals surface area contributed by atoms with Crippen LogP contribution in [0.2, 0.25) is 0 Å². The largest absolute Gasteiger partial charge is 0.354 e. The third kappa shape index (κ3) is 4.69. The summed E-state index contributed by atoms with van der Waals surface area (Å²) in [5.74, 6) is 0.560. The van der Waals surface area contributed by atoms with Crippen molar-refractivity contribution >= 4 is 11.8 Å². The van der Waals surface area contributed by atoms with Crippen molar-refractivity contribution in [2.45, 2.75) is 33.6 Å². The van der Waals surface area contributed by atoms with Gasteiger partial charge in [0, 0.05) is 24.9 Å². The summed E-state index contributed by atoms with van der Waals surface area (Å²) in [7, 11) is 0. The van der Waals surface area contributed by atoms with E-state index in [0.29, 0.717) is 18.9 Å². The second-order valence-corrected chi connectivity index (χ2v) is 4.90. The van der Waals surface area contributed by atoms with Gasteiger partial charge in [0.1, 0.15) is 5.82 Å². The Morgan fingerprint density at radius 2 is 1.79 bits per heavy atom. The average molecular weight is 267 g/mol. The van der Waals surface area contributed by atoms with E-state index < -0.39 is 0 Å².